The van der Waals surface area contributed by atoms with Crippen molar-refractivity contribution in [2.75, 3.05) is 17.7 Å². The molecule has 0 saturated heterocycles. The highest BCUT2D eigenvalue weighted by Crippen LogP contribution is 2.21. The molecule has 2 heterocycles. The summed E-state index contributed by atoms with van der Waals surface area (Å²) in [5.41, 5.74) is 2.29. The van der Waals surface area contributed by atoms with Crippen LogP contribution in [0.15, 0.2) is 16.9 Å². The van der Waals surface area contributed by atoms with Crippen LogP contribution in [0, 0.1) is 0 Å². The number of rotatable bonds is 5. The van der Waals surface area contributed by atoms with Crippen molar-refractivity contribution < 1.29 is 0 Å². The first-order chi connectivity index (χ1) is 9.13. The molecule has 2 rings (SSSR count). The topological polar surface area (TPSA) is 67.7 Å². The maximum absolute atomic E-state index is 4.42. The van der Waals surface area contributed by atoms with Crippen molar-refractivity contribution in [2.24, 2.45) is 7.05 Å². The summed E-state index contributed by atoms with van der Waals surface area (Å²) in [6.07, 6.45) is 4.68. The molecule has 0 amide bonds. The van der Waals surface area contributed by atoms with Crippen molar-refractivity contribution in [2.45, 2.75) is 19.9 Å². The Morgan fingerprint density at radius 3 is 2.89 bits per heavy atom. The molecule has 0 unspecified atom stereocenters. The van der Waals surface area contributed by atoms with Gasteiger partial charge in [0.05, 0.1) is 10.2 Å². The van der Waals surface area contributed by atoms with Gasteiger partial charge in [0.15, 0.2) is 0 Å². The van der Waals surface area contributed by atoms with Crippen LogP contribution in [0.25, 0.3) is 0 Å². The summed E-state index contributed by atoms with van der Waals surface area (Å²) >= 11 is 3.44. The van der Waals surface area contributed by atoms with Crippen LogP contribution in [-0.4, -0.2) is 26.8 Å². The highest BCUT2D eigenvalue weighted by molar-refractivity contribution is 9.10. The Balaban J connectivity index is 2.13. The van der Waals surface area contributed by atoms with Crippen molar-refractivity contribution >= 4 is 27.7 Å². The third kappa shape index (κ3) is 3.23. The summed E-state index contributed by atoms with van der Waals surface area (Å²) in [6.45, 7) is 2.79. The molecule has 0 fully saturated rings. The fourth-order valence-electron chi connectivity index (χ4n) is 1.82. The molecule has 0 aliphatic rings. The minimum Gasteiger partial charge on any atom is -0.365 e. The average Bonchev–Trinajstić information content (AvgIpc) is 2.78. The average molecular weight is 325 g/mol. The summed E-state index contributed by atoms with van der Waals surface area (Å²) < 4.78 is 2.68. The Morgan fingerprint density at radius 2 is 2.21 bits per heavy atom. The van der Waals surface area contributed by atoms with Crippen LogP contribution in [-0.2, 0) is 20.0 Å². The van der Waals surface area contributed by atoms with Crippen LogP contribution in [0.1, 0.15) is 18.2 Å². The number of halogens is 1. The van der Waals surface area contributed by atoms with Gasteiger partial charge in [-0.15, -0.1) is 0 Å². The maximum Gasteiger partial charge on any atom is 0.224 e. The summed E-state index contributed by atoms with van der Waals surface area (Å²) in [4.78, 5) is 8.49. The zero-order chi connectivity index (χ0) is 13.8. The monoisotopic (exact) mass is 324 g/mol. The predicted molar refractivity (Wildman–Crippen MR) is 79.2 cm³/mol. The van der Waals surface area contributed by atoms with Gasteiger partial charge in [-0.25, -0.2) is 4.98 Å². The molecule has 2 aromatic rings. The van der Waals surface area contributed by atoms with Gasteiger partial charge in [0.1, 0.15) is 5.82 Å². The minimum absolute atomic E-state index is 0.590. The third-order valence-corrected chi connectivity index (χ3v) is 3.32. The van der Waals surface area contributed by atoms with Gasteiger partial charge in [-0.3, -0.25) is 4.68 Å². The molecule has 19 heavy (non-hydrogen) atoms. The first kappa shape index (κ1) is 13.8. The van der Waals surface area contributed by atoms with E-state index in [1.807, 2.05) is 17.9 Å². The predicted octanol–water partition coefficient (Wildman–Crippen LogP) is 2.19. The quantitative estimate of drug-likeness (QED) is 0.882. The molecule has 2 aromatic heterocycles. The molecule has 0 aliphatic heterocycles. The molecule has 0 spiro atoms. The molecule has 2 N–H and O–H groups in total. The lowest BCUT2D eigenvalue weighted by atomic mass is 10.2. The van der Waals surface area contributed by atoms with Crippen LogP contribution in [0.2, 0.25) is 0 Å². The van der Waals surface area contributed by atoms with Crippen LogP contribution in [0.4, 0.5) is 11.8 Å². The highest BCUT2D eigenvalue weighted by Gasteiger charge is 2.08. The number of hydrogen-bond donors (Lipinski definition) is 2. The molecular formula is C12H17BrN6. The fourth-order valence-corrected chi connectivity index (χ4v) is 2.15. The van der Waals surface area contributed by atoms with Gasteiger partial charge in [-0.1, -0.05) is 6.92 Å². The Kier molecular flexibility index (Phi) is 4.36. The summed E-state index contributed by atoms with van der Waals surface area (Å²) in [5, 5.41) is 10.6. The van der Waals surface area contributed by atoms with E-state index in [0.717, 1.165) is 22.4 Å². The van der Waals surface area contributed by atoms with Crippen LogP contribution in [0.3, 0.4) is 0 Å². The fraction of sp³-hybridized carbons (Fsp3) is 0.417. The Hall–Kier alpha value is -1.63. The third-order valence-electron chi connectivity index (χ3n) is 2.74. The van der Waals surface area contributed by atoms with Gasteiger partial charge < -0.3 is 10.6 Å². The Bertz CT molecular complexity index is 565. The van der Waals surface area contributed by atoms with Crippen molar-refractivity contribution in [1.82, 2.24) is 19.7 Å². The van der Waals surface area contributed by atoms with Crippen molar-refractivity contribution in [3.05, 3.63) is 28.1 Å². The van der Waals surface area contributed by atoms with Gasteiger partial charge in [0.25, 0.3) is 0 Å². The van der Waals surface area contributed by atoms with Crippen LogP contribution >= 0.6 is 15.9 Å². The second kappa shape index (κ2) is 6.01. The van der Waals surface area contributed by atoms with E-state index in [0.29, 0.717) is 12.5 Å². The van der Waals surface area contributed by atoms with Crippen molar-refractivity contribution in [1.29, 1.82) is 0 Å². The van der Waals surface area contributed by atoms with Gasteiger partial charge in [0.2, 0.25) is 5.95 Å². The van der Waals surface area contributed by atoms with Gasteiger partial charge in [0, 0.05) is 38.6 Å². The smallest absolute Gasteiger partial charge is 0.224 e. The van der Waals surface area contributed by atoms with E-state index in [1.54, 1.807) is 13.2 Å². The zero-order valence-corrected chi connectivity index (χ0v) is 12.8. The number of anilines is 2. The van der Waals surface area contributed by atoms with E-state index in [-0.39, 0.29) is 0 Å². The highest BCUT2D eigenvalue weighted by atomic mass is 79.9. The largest absolute Gasteiger partial charge is 0.365 e. The second-order valence-corrected chi connectivity index (χ2v) is 4.98. The lowest BCUT2D eigenvalue weighted by molar-refractivity contribution is 0.746. The summed E-state index contributed by atoms with van der Waals surface area (Å²) in [7, 11) is 3.73. The maximum atomic E-state index is 4.42. The Morgan fingerprint density at radius 1 is 1.42 bits per heavy atom. The number of nitrogens with zero attached hydrogens (tertiary/aromatic N) is 4. The second-order valence-electron chi connectivity index (χ2n) is 4.12. The number of aryl methyl sites for hydroxylation is 2. The van der Waals surface area contributed by atoms with Gasteiger partial charge >= 0.3 is 0 Å². The summed E-state index contributed by atoms with van der Waals surface area (Å²) in [6, 6.07) is 0. The van der Waals surface area contributed by atoms with Gasteiger partial charge in [-0.05, 0) is 22.4 Å². The molecular weight excluding hydrogens is 308 g/mol. The van der Waals surface area contributed by atoms with Crippen LogP contribution < -0.4 is 10.6 Å². The van der Waals surface area contributed by atoms with Crippen LogP contribution in [0.5, 0.6) is 0 Å². The first-order valence-electron chi connectivity index (χ1n) is 6.09. The minimum atomic E-state index is 0.590. The molecule has 0 aliphatic carbocycles. The zero-order valence-electron chi connectivity index (χ0n) is 11.2. The van der Waals surface area contributed by atoms with E-state index < -0.39 is 0 Å². The number of nitrogens with one attached hydrogen (secondary N) is 2. The van der Waals surface area contributed by atoms with E-state index in [9.17, 15) is 0 Å². The standard InChI is InChI=1S/C12H17BrN6/c1-4-10-8(7-19(3)18-10)5-15-11-9(13)6-16-12(14-2)17-11/h6-7H,4-5H2,1-3H3,(H2,14,15,16,17). The molecule has 0 radical (unpaired) electrons. The van der Waals surface area contributed by atoms with Crippen molar-refractivity contribution in [3.63, 3.8) is 0 Å². The van der Waals surface area contributed by atoms with E-state index in [4.69, 9.17) is 0 Å². The SMILES string of the molecule is CCc1nn(C)cc1CNc1nc(NC)ncc1Br. The molecule has 102 valence electrons. The molecule has 0 aromatic carbocycles. The van der Waals surface area contributed by atoms with Gasteiger partial charge in [-0.2, -0.15) is 10.1 Å². The number of hydrogen-bond acceptors (Lipinski definition) is 5. The molecule has 7 heteroatoms. The van der Waals surface area contributed by atoms with E-state index >= 15 is 0 Å². The normalized spacial score (nSPS) is 10.5. The lowest BCUT2D eigenvalue weighted by Gasteiger charge is -2.08. The molecule has 0 saturated carbocycles. The molecule has 0 atom stereocenters. The van der Waals surface area contributed by atoms with Crippen molar-refractivity contribution in [3.8, 4) is 0 Å². The molecule has 0 bridgehead atoms. The summed E-state index contributed by atoms with van der Waals surface area (Å²) in [5.74, 6) is 1.36. The first-order valence-corrected chi connectivity index (χ1v) is 6.89. The number of aromatic nitrogens is 4. The lowest BCUT2D eigenvalue weighted by Crippen LogP contribution is -2.06. The van der Waals surface area contributed by atoms with E-state index in [1.165, 1.54) is 5.56 Å². The Labute approximate surface area is 120 Å². The molecule has 6 nitrogen and oxygen atoms in total. The van der Waals surface area contributed by atoms with E-state index in [2.05, 4.69) is 48.6 Å².